The van der Waals surface area contributed by atoms with E-state index in [1.165, 1.54) is 11.1 Å². The lowest BCUT2D eigenvalue weighted by molar-refractivity contribution is 0.119. The number of nitrogens with two attached hydrogens (primary N) is 1. The molecule has 1 unspecified atom stereocenters. The Morgan fingerprint density at radius 1 is 1.29 bits per heavy atom. The zero-order chi connectivity index (χ0) is 15.1. The maximum atomic E-state index is 5.97. The zero-order valence-corrected chi connectivity index (χ0v) is 12.7. The van der Waals surface area contributed by atoms with Gasteiger partial charge in [0.25, 0.3) is 0 Å². The lowest BCUT2D eigenvalue weighted by atomic mass is 10.0. The van der Waals surface area contributed by atoms with Gasteiger partial charge in [0.05, 0.1) is 12.6 Å². The molecule has 0 spiro atoms. The molecule has 0 radical (unpaired) electrons. The number of aryl methyl sites for hydroxylation is 3. The minimum Gasteiger partial charge on any atom is -0.379 e. The summed E-state index contributed by atoms with van der Waals surface area (Å²) in [6.45, 7) is 5.29. The van der Waals surface area contributed by atoms with E-state index in [9.17, 15) is 0 Å². The van der Waals surface area contributed by atoms with Crippen molar-refractivity contribution in [3.8, 4) is 0 Å². The fraction of sp³-hybridized carbons (Fsp3) is 0.500. The minimum atomic E-state index is -0.326. The van der Waals surface area contributed by atoms with E-state index in [1.54, 1.807) is 0 Å². The first-order valence-electron chi connectivity index (χ1n) is 7.41. The maximum Gasteiger partial charge on any atom is 0.227 e. The number of hydrogen-bond donors (Lipinski definition) is 1. The van der Waals surface area contributed by atoms with Crippen LogP contribution in [-0.2, 0) is 17.6 Å². The average molecular weight is 289 g/mol. The topological polar surface area (TPSA) is 74.2 Å². The van der Waals surface area contributed by atoms with Gasteiger partial charge in [0.2, 0.25) is 5.89 Å². The Kier molecular flexibility index (Phi) is 5.90. The molecule has 21 heavy (non-hydrogen) atoms. The van der Waals surface area contributed by atoms with E-state index < -0.39 is 0 Å². The van der Waals surface area contributed by atoms with Crippen molar-refractivity contribution in [2.24, 2.45) is 5.73 Å². The molecule has 5 nitrogen and oxygen atoms in total. The first-order valence-corrected chi connectivity index (χ1v) is 7.41. The minimum absolute atomic E-state index is 0.326. The Balaban J connectivity index is 1.87. The van der Waals surface area contributed by atoms with Gasteiger partial charge in [0.1, 0.15) is 0 Å². The molecule has 0 aliphatic rings. The predicted octanol–water partition coefficient (Wildman–Crippen LogP) is 2.59. The number of hydrogen-bond acceptors (Lipinski definition) is 5. The smallest absolute Gasteiger partial charge is 0.227 e. The average Bonchev–Trinajstić information content (AvgIpc) is 2.95. The van der Waals surface area contributed by atoms with Crippen molar-refractivity contribution in [2.75, 3.05) is 13.2 Å². The van der Waals surface area contributed by atoms with Gasteiger partial charge in [-0.25, -0.2) is 0 Å². The molecule has 2 N–H and O–H groups in total. The van der Waals surface area contributed by atoms with Crippen molar-refractivity contribution < 1.29 is 9.26 Å². The molecule has 1 aromatic heterocycles. The summed E-state index contributed by atoms with van der Waals surface area (Å²) in [5.41, 5.74) is 8.55. The number of rotatable bonds is 8. The zero-order valence-electron chi connectivity index (χ0n) is 12.7. The van der Waals surface area contributed by atoms with Gasteiger partial charge in [-0.15, -0.1) is 0 Å². The van der Waals surface area contributed by atoms with Gasteiger partial charge in [-0.1, -0.05) is 36.3 Å². The summed E-state index contributed by atoms with van der Waals surface area (Å²) in [5, 5.41) is 3.94. The third-order valence-corrected chi connectivity index (χ3v) is 3.33. The van der Waals surface area contributed by atoms with Crippen LogP contribution in [0.1, 0.15) is 42.2 Å². The largest absolute Gasteiger partial charge is 0.379 e. The maximum absolute atomic E-state index is 5.97. The molecule has 5 heteroatoms. The Hall–Kier alpha value is -1.72. The molecule has 0 fully saturated rings. The number of ether oxygens (including phenoxy) is 1. The summed E-state index contributed by atoms with van der Waals surface area (Å²) in [5.74, 6) is 1.14. The van der Waals surface area contributed by atoms with E-state index in [2.05, 4.69) is 36.1 Å². The number of aromatic nitrogens is 2. The first kappa shape index (κ1) is 15.7. The van der Waals surface area contributed by atoms with Crippen molar-refractivity contribution in [2.45, 2.75) is 39.2 Å². The molecule has 0 saturated carbocycles. The Morgan fingerprint density at radius 2 is 2.10 bits per heavy atom. The number of benzene rings is 1. The third-order valence-electron chi connectivity index (χ3n) is 3.33. The second-order valence-electron chi connectivity index (χ2n) is 5.15. The highest BCUT2D eigenvalue weighted by Crippen LogP contribution is 2.12. The SMILES string of the molecule is CCCOCC(N)c1noc(CCc2ccccc2C)n1. The molecule has 0 aliphatic heterocycles. The van der Waals surface area contributed by atoms with Gasteiger partial charge in [-0.2, -0.15) is 4.98 Å². The molecule has 1 heterocycles. The van der Waals surface area contributed by atoms with Crippen molar-refractivity contribution >= 4 is 0 Å². The van der Waals surface area contributed by atoms with Crippen LogP contribution in [0.3, 0.4) is 0 Å². The molecular formula is C16H23N3O2. The van der Waals surface area contributed by atoms with Crippen molar-refractivity contribution in [1.29, 1.82) is 0 Å². The van der Waals surface area contributed by atoms with Gasteiger partial charge in [-0.3, -0.25) is 0 Å². The lowest BCUT2D eigenvalue weighted by Gasteiger charge is -2.06. The highest BCUT2D eigenvalue weighted by molar-refractivity contribution is 5.25. The van der Waals surface area contributed by atoms with Crippen LogP contribution in [0.4, 0.5) is 0 Å². The van der Waals surface area contributed by atoms with Crippen LogP contribution in [-0.4, -0.2) is 23.4 Å². The van der Waals surface area contributed by atoms with Crippen LogP contribution < -0.4 is 5.73 Å². The molecule has 0 amide bonds. The summed E-state index contributed by atoms with van der Waals surface area (Å²) >= 11 is 0. The molecule has 2 rings (SSSR count). The molecule has 2 aromatic rings. The number of nitrogens with zero attached hydrogens (tertiary/aromatic N) is 2. The van der Waals surface area contributed by atoms with Crippen LogP contribution in [0, 0.1) is 6.92 Å². The molecule has 1 aromatic carbocycles. The van der Waals surface area contributed by atoms with E-state index >= 15 is 0 Å². The summed E-state index contributed by atoms with van der Waals surface area (Å²) in [4.78, 5) is 4.35. The lowest BCUT2D eigenvalue weighted by Crippen LogP contribution is -2.18. The summed E-state index contributed by atoms with van der Waals surface area (Å²) in [6, 6.07) is 7.99. The highest BCUT2D eigenvalue weighted by Gasteiger charge is 2.14. The fourth-order valence-electron chi connectivity index (χ4n) is 2.08. The van der Waals surface area contributed by atoms with Crippen molar-refractivity contribution in [3.05, 3.63) is 47.1 Å². The van der Waals surface area contributed by atoms with Crippen LogP contribution in [0.25, 0.3) is 0 Å². The van der Waals surface area contributed by atoms with Crippen LogP contribution in [0.5, 0.6) is 0 Å². The Morgan fingerprint density at radius 3 is 2.86 bits per heavy atom. The van der Waals surface area contributed by atoms with Crippen LogP contribution in [0.15, 0.2) is 28.8 Å². The molecule has 1 atom stereocenters. The van der Waals surface area contributed by atoms with Crippen LogP contribution >= 0.6 is 0 Å². The standard InChI is InChI=1S/C16H23N3O2/c1-3-10-20-11-14(17)16-18-15(21-19-16)9-8-13-7-5-4-6-12(13)2/h4-7,14H,3,8-11,17H2,1-2H3. The Bertz CT molecular complexity index is 554. The summed E-state index contributed by atoms with van der Waals surface area (Å²) < 4.78 is 10.7. The van der Waals surface area contributed by atoms with E-state index in [0.29, 0.717) is 24.9 Å². The van der Waals surface area contributed by atoms with E-state index in [1.807, 2.05) is 12.1 Å². The van der Waals surface area contributed by atoms with Gasteiger partial charge < -0.3 is 15.0 Å². The summed E-state index contributed by atoms with van der Waals surface area (Å²) in [7, 11) is 0. The second-order valence-corrected chi connectivity index (χ2v) is 5.15. The van der Waals surface area contributed by atoms with E-state index in [4.69, 9.17) is 15.0 Å². The predicted molar refractivity (Wildman–Crippen MR) is 80.9 cm³/mol. The first-order chi connectivity index (χ1) is 10.2. The van der Waals surface area contributed by atoms with Crippen LogP contribution in [0.2, 0.25) is 0 Å². The van der Waals surface area contributed by atoms with Crippen molar-refractivity contribution in [1.82, 2.24) is 10.1 Å². The second kappa shape index (κ2) is 7.90. The summed E-state index contributed by atoms with van der Waals surface area (Å²) in [6.07, 6.45) is 2.58. The highest BCUT2D eigenvalue weighted by atomic mass is 16.5. The molecule has 0 saturated heterocycles. The molecule has 114 valence electrons. The van der Waals surface area contributed by atoms with E-state index in [0.717, 1.165) is 19.3 Å². The molecule has 0 bridgehead atoms. The van der Waals surface area contributed by atoms with Gasteiger partial charge in [0.15, 0.2) is 5.82 Å². The Labute approximate surface area is 125 Å². The van der Waals surface area contributed by atoms with Gasteiger partial charge >= 0.3 is 0 Å². The monoisotopic (exact) mass is 289 g/mol. The molecular weight excluding hydrogens is 266 g/mol. The molecule has 0 aliphatic carbocycles. The third kappa shape index (κ3) is 4.65. The van der Waals surface area contributed by atoms with Gasteiger partial charge in [0, 0.05) is 13.0 Å². The van der Waals surface area contributed by atoms with E-state index in [-0.39, 0.29) is 6.04 Å². The fourth-order valence-corrected chi connectivity index (χ4v) is 2.08. The van der Waals surface area contributed by atoms with Crippen molar-refractivity contribution in [3.63, 3.8) is 0 Å². The quantitative estimate of drug-likeness (QED) is 0.756. The van der Waals surface area contributed by atoms with Gasteiger partial charge in [-0.05, 0) is 30.9 Å². The normalized spacial score (nSPS) is 12.5.